The van der Waals surface area contributed by atoms with Gasteiger partial charge in [0.1, 0.15) is 0 Å². The predicted octanol–water partition coefficient (Wildman–Crippen LogP) is 3.96. The normalized spacial score (nSPS) is 12.5. The molecule has 0 radical (unpaired) electrons. The van der Waals surface area contributed by atoms with Crippen molar-refractivity contribution in [3.05, 3.63) is 68.3 Å². The van der Waals surface area contributed by atoms with E-state index in [1.54, 1.807) is 0 Å². The van der Waals surface area contributed by atoms with Crippen LogP contribution in [0.15, 0.2) is 42.5 Å². The maximum Gasteiger partial charge on any atom is 0.0551 e. The van der Waals surface area contributed by atoms with Crippen LogP contribution in [-0.2, 0) is 0 Å². The van der Waals surface area contributed by atoms with Crippen LogP contribution >= 0.6 is 22.6 Å². The fraction of sp³-hybridized carbons (Fsp3) is 0.200. The molecule has 2 heteroatoms. The molecule has 0 saturated carbocycles. The molecule has 2 rings (SSSR count). The number of rotatable bonds is 2. The van der Waals surface area contributed by atoms with Gasteiger partial charge in [-0.1, -0.05) is 41.5 Å². The molecule has 0 amide bonds. The fourth-order valence-electron chi connectivity index (χ4n) is 2.05. The van der Waals surface area contributed by atoms with Crippen LogP contribution in [0.4, 0.5) is 0 Å². The third-order valence-corrected chi connectivity index (χ3v) is 3.55. The first kappa shape index (κ1) is 12.6. The van der Waals surface area contributed by atoms with E-state index in [1.807, 2.05) is 0 Å². The minimum absolute atomic E-state index is 0.0365. The van der Waals surface area contributed by atoms with Crippen LogP contribution in [0.2, 0.25) is 0 Å². The van der Waals surface area contributed by atoms with Crippen molar-refractivity contribution in [2.24, 2.45) is 5.73 Å². The quantitative estimate of drug-likeness (QED) is 0.825. The van der Waals surface area contributed by atoms with Gasteiger partial charge in [0.2, 0.25) is 0 Å². The summed E-state index contributed by atoms with van der Waals surface area (Å²) < 4.78 is 1.24. The minimum Gasteiger partial charge on any atom is -0.320 e. The second kappa shape index (κ2) is 5.19. The van der Waals surface area contributed by atoms with E-state index in [2.05, 4.69) is 78.9 Å². The summed E-state index contributed by atoms with van der Waals surface area (Å²) in [5.41, 5.74) is 11.2. The first-order valence-corrected chi connectivity index (χ1v) is 6.73. The Morgan fingerprint density at radius 2 is 1.41 bits per heavy atom. The highest BCUT2D eigenvalue weighted by Crippen LogP contribution is 2.22. The van der Waals surface area contributed by atoms with Crippen molar-refractivity contribution < 1.29 is 0 Å². The van der Waals surface area contributed by atoms with Crippen LogP contribution < -0.4 is 5.73 Å². The van der Waals surface area contributed by atoms with E-state index in [9.17, 15) is 0 Å². The molecule has 2 aromatic rings. The van der Waals surface area contributed by atoms with Crippen LogP contribution in [0.5, 0.6) is 0 Å². The third-order valence-electron chi connectivity index (χ3n) is 2.83. The van der Waals surface area contributed by atoms with Gasteiger partial charge >= 0.3 is 0 Å². The number of benzene rings is 2. The largest absolute Gasteiger partial charge is 0.320 e. The number of nitrogens with two attached hydrogens (primary N) is 1. The molecule has 2 aromatic carbocycles. The van der Waals surface area contributed by atoms with Gasteiger partial charge in [0.15, 0.2) is 0 Å². The van der Waals surface area contributed by atoms with Gasteiger partial charge < -0.3 is 5.73 Å². The van der Waals surface area contributed by atoms with E-state index < -0.39 is 0 Å². The second-order valence-corrected chi connectivity index (χ2v) is 5.70. The van der Waals surface area contributed by atoms with E-state index >= 15 is 0 Å². The van der Waals surface area contributed by atoms with Gasteiger partial charge in [-0.2, -0.15) is 0 Å². The van der Waals surface area contributed by atoms with E-state index in [4.69, 9.17) is 5.73 Å². The highest BCUT2D eigenvalue weighted by atomic mass is 127. The topological polar surface area (TPSA) is 26.0 Å². The lowest BCUT2D eigenvalue weighted by Gasteiger charge is -2.14. The zero-order chi connectivity index (χ0) is 12.4. The molecule has 0 aliphatic carbocycles. The third kappa shape index (κ3) is 3.07. The van der Waals surface area contributed by atoms with Gasteiger partial charge in [-0.25, -0.2) is 0 Å². The molecule has 1 nitrogen and oxygen atoms in total. The molecule has 2 N–H and O–H groups in total. The lowest BCUT2D eigenvalue weighted by Crippen LogP contribution is -2.12. The summed E-state index contributed by atoms with van der Waals surface area (Å²) in [5, 5.41) is 0. The molecule has 0 saturated heterocycles. The SMILES string of the molecule is Cc1cc(C)cc(C(N)c2ccc(I)cc2)c1. The maximum absolute atomic E-state index is 6.30. The first-order valence-electron chi connectivity index (χ1n) is 5.65. The first-order chi connectivity index (χ1) is 8.06. The van der Waals surface area contributed by atoms with Crippen LogP contribution in [0.3, 0.4) is 0 Å². The second-order valence-electron chi connectivity index (χ2n) is 4.45. The van der Waals surface area contributed by atoms with Gasteiger partial charge in [0.25, 0.3) is 0 Å². The number of hydrogen-bond donors (Lipinski definition) is 1. The molecule has 88 valence electrons. The Morgan fingerprint density at radius 3 is 1.94 bits per heavy atom. The Balaban J connectivity index is 2.36. The van der Waals surface area contributed by atoms with Crippen molar-refractivity contribution in [3.63, 3.8) is 0 Å². The summed E-state index contributed by atoms with van der Waals surface area (Å²) in [6, 6.07) is 14.9. The molecule has 0 aromatic heterocycles. The van der Waals surface area contributed by atoms with Crippen molar-refractivity contribution in [3.8, 4) is 0 Å². The van der Waals surface area contributed by atoms with Gasteiger partial charge in [-0.05, 0) is 59.7 Å². The Labute approximate surface area is 116 Å². The highest BCUT2D eigenvalue weighted by Gasteiger charge is 2.09. The van der Waals surface area contributed by atoms with Crippen molar-refractivity contribution in [2.45, 2.75) is 19.9 Å². The Kier molecular flexibility index (Phi) is 3.84. The van der Waals surface area contributed by atoms with Crippen molar-refractivity contribution >= 4 is 22.6 Å². The van der Waals surface area contributed by atoms with Crippen molar-refractivity contribution in [1.29, 1.82) is 0 Å². The van der Waals surface area contributed by atoms with Crippen LogP contribution in [0, 0.1) is 17.4 Å². The Hall–Kier alpha value is -0.870. The zero-order valence-electron chi connectivity index (χ0n) is 10.1. The van der Waals surface area contributed by atoms with Crippen LogP contribution in [0.25, 0.3) is 0 Å². The van der Waals surface area contributed by atoms with E-state index in [0.29, 0.717) is 0 Å². The Morgan fingerprint density at radius 1 is 0.882 bits per heavy atom. The molecular weight excluding hydrogens is 321 g/mol. The molecule has 1 unspecified atom stereocenters. The van der Waals surface area contributed by atoms with E-state index in [0.717, 1.165) is 5.56 Å². The summed E-state index contributed by atoms with van der Waals surface area (Å²) in [6.45, 7) is 4.22. The molecule has 0 heterocycles. The fourth-order valence-corrected chi connectivity index (χ4v) is 2.41. The molecule has 0 fully saturated rings. The number of halogens is 1. The minimum atomic E-state index is -0.0365. The Bertz CT molecular complexity index is 497. The average molecular weight is 337 g/mol. The summed E-state index contributed by atoms with van der Waals surface area (Å²) in [7, 11) is 0. The average Bonchev–Trinajstić information content (AvgIpc) is 2.28. The predicted molar refractivity (Wildman–Crippen MR) is 81.1 cm³/mol. The lowest BCUT2D eigenvalue weighted by molar-refractivity contribution is 0.867. The summed E-state index contributed by atoms with van der Waals surface area (Å²) in [6.07, 6.45) is 0. The number of aryl methyl sites for hydroxylation is 2. The number of hydrogen-bond acceptors (Lipinski definition) is 1. The molecule has 0 spiro atoms. The monoisotopic (exact) mass is 337 g/mol. The summed E-state index contributed by atoms with van der Waals surface area (Å²) >= 11 is 2.30. The van der Waals surface area contributed by atoms with Crippen molar-refractivity contribution in [2.75, 3.05) is 0 Å². The molecule has 1 atom stereocenters. The molecule has 0 bridgehead atoms. The van der Waals surface area contributed by atoms with Crippen LogP contribution in [-0.4, -0.2) is 0 Å². The molecule has 0 aliphatic heterocycles. The highest BCUT2D eigenvalue weighted by molar-refractivity contribution is 14.1. The van der Waals surface area contributed by atoms with E-state index in [1.165, 1.54) is 20.3 Å². The maximum atomic E-state index is 6.30. The standard InChI is InChI=1S/C15H16IN/c1-10-7-11(2)9-13(8-10)15(17)12-3-5-14(16)6-4-12/h3-9,15H,17H2,1-2H3. The lowest BCUT2D eigenvalue weighted by atomic mass is 9.96. The van der Waals surface area contributed by atoms with Gasteiger partial charge in [0.05, 0.1) is 6.04 Å². The van der Waals surface area contributed by atoms with E-state index in [-0.39, 0.29) is 6.04 Å². The smallest absolute Gasteiger partial charge is 0.0551 e. The molecular formula is C15H16IN. The summed E-state index contributed by atoms with van der Waals surface area (Å²) in [5.74, 6) is 0. The van der Waals surface area contributed by atoms with Gasteiger partial charge in [-0.15, -0.1) is 0 Å². The van der Waals surface area contributed by atoms with Gasteiger partial charge in [0, 0.05) is 3.57 Å². The van der Waals surface area contributed by atoms with Crippen molar-refractivity contribution in [1.82, 2.24) is 0 Å². The zero-order valence-corrected chi connectivity index (χ0v) is 12.2. The van der Waals surface area contributed by atoms with Gasteiger partial charge in [-0.3, -0.25) is 0 Å². The molecule has 0 aliphatic rings. The van der Waals surface area contributed by atoms with Crippen LogP contribution in [0.1, 0.15) is 28.3 Å². The summed E-state index contributed by atoms with van der Waals surface area (Å²) in [4.78, 5) is 0. The molecule has 17 heavy (non-hydrogen) atoms.